The van der Waals surface area contributed by atoms with Crippen LogP contribution in [0.25, 0.3) is 0 Å². The number of nitrogens with zero attached hydrogens (tertiary/aromatic N) is 3. The fraction of sp³-hybridized carbons (Fsp3) is 0.333. The summed E-state index contributed by atoms with van der Waals surface area (Å²) >= 11 is 0. The van der Waals surface area contributed by atoms with Crippen molar-refractivity contribution >= 4 is 29.6 Å². The van der Waals surface area contributed by atoms with E-state index in [-0.39, 0.29) is 30.5 Å². The Morgan fingerprint density at radius 3 is 2.84 bits per heavy atom. The maximum atomic E-state index is 13.1. The Hall–Kier alpha value is -3.66. The van der Waals surface area contributed by atoms with Crippen LogP contribution in [0.4, 0.5) is 5.95 Å². The average molecular weight is 420 g/mol. The van der Waals surface area contributed by atoms with Crippen LogP contribution < -0.4 is 16.0 Å². The van der Waals surface area contributed by atoms with Crippen molar-refractivity contribution < 1.29 is 19.2 Å². The van der Waals surface area contributed by atoms with Crippen molar-refractivity contribution in [3.63, 3.8) is 0 Å². The number of hydrogen-bond donors (Lipinski definition) is 3. The van der Waals surface area contributed by atoms with E-state index in [1.807, 2.05) is 0 Å². The molecule has 2 aromatic rings. The second kappa shape index (κ2) is 7.55. The molecule has 1 aromatic carbocycles. The largest absolute Gasteiger partial charge is 0.350 e. The molecule has 10 nitrogen and oxygen atoms in total. The summed E-state index contributed by atoms with van der Waals surface area (Å²) in [6.07, 6.45) is 2.90. The number of carbonyl (C=O) groups excluding carboxylic acids is 4. The summed E-state index contributed by atoms with van der Waals surface area (Å²) < 4.78 is 0. The highest BCUT2D eigenvalue weighted by atomic mass is 16.2. The van der Waals surface area contributed by atoms with Crippen LogP contribution in [0.3, 0.4) is 0 Å². The third-order valence-electron chi connectivity index (χ3n) is 5.81. The van der Waals surface area contributed by atoms with Crippen molar-refractivity contribution in [3.8, 4) is 0 Å². The zero-order chi connectivity index (χ0) is 21.5. The first kappa shape index (κ1) is 19.3. The van der Waals surface area contributed by atoms with Crippen LogP contribution in [0.2, 0.25) is 0 Å². The quantitative estimate of drug-likeness (QED) is 0.595. The molecular formula is C21H20N6O4. The number of rotatable bonds is 4. The number of carbonyl (C=O) groups is 4. The number of anilines is 1. The van der Waals surface area contributed by atoms with E-state index in [0.717, 1.165) is 29.1 Å². The molecule has 5 rings (SSSR count). The van der Waals surface area contributed by atoms with Crippen molar-refractivity contribution in [2.45, 2.75) is 38.4 Å². The van der Waals surface area contributed by atoms with Crippen molar-refractivity contribution in [1.82, 2.24) is 25.5 Å². The van der Waals surface area contributed by atoms with Crippen molar-refractivity contribution in [2.24, 2.45) is 0 Å². The number of fused-ring (bicyclic) bond motifs is 2. The van der Waals surface area contributed by atoms with Gasteiger partial charge in [0.15, 0.2) is 0 Å². The Bertz CT molecular complexity index is 1130. The molecule has 1 aromatic heterocycles. The molecule has 1 fully saturated rings. The lowest BCUT2D eigenvalue weighted by molar-refractivity contribution is -0.136. The highest BCUT2D eigenvalue weighted by molar-refractivity contribution is 6.24. The van der Waals surface area contributed by atoms with Gasteiger partial charge in [0.1, 0.15) is 6.04 Å². The number of nitrogens with one attached hydrogen (secondary N) is 3. The van der Waals surface area contributed by atoms with Gasteiger partial charge in [-0.1, -0.05) is 12.1 Å². The van der Waals surface area contributed by atoms with Gasteiger partial charge in [-0.15, -0.1) is 0 Å². The van der Waals surface area contributed by atoms with Crippen molar-refractivity contribution in [3.05, 3.63) is 52.3 Å². The minimum Gasteiger partial charge on any atom is -0.350 e. The maximum absolute atomic E-state index is 13.1. The average Bonchev–Trinajstić information content (AvgIpc) is 3.03. The van der Waals surface area contributed by atoms with E-state index in [0.29, 0.717) is 18.1 Å². The van der Waals surface area contributed by atoms with E-state index in [2.05, 4.69) is 25.9 Å². The van der Waals surface area contributed by atoms with Crippen LogP contribution in [0.1, 0.15) is 50.4 Å². The van der Waals surface area contributed by atoms with Gasteiger partial charge in [0.2, 0.25) is 17.8 Å². The molecule has 0 bridgehead atoms. The van der Waals surface area contributed by atoms with E-state index < -0.39 is 29.7 Å². The van der Waals surface area contributed by atoms with Crippen LogP contribution >= 0.6 is 0 Å². The minimum absolute atomic E-state index is 0.0861. The summed E-state index contributed by atoms with van der Waals surface area (Å²) in [6, 6.07) is 4.05. The topological polar surface area (TPSA) is 133 Å². The van der Waals surface area contributed by atoms with Gasteiger partial charge in [-0.3, -0.25) is 29.4 Å². The van der Waals surface area contributed by atoms with Gasteiger partial charge in [0.05, 0.1) is 16.8 Å². The Labute approximate surface area is 177 Å². The molecule has 10 heteroatoms. The maximum Gasteiger partial charge on any atom is 0.262 e. The summed E-state index contributed by atoms with van der Waals surface area (Å²) in [6.45, 7) is 1.83. The standard InChI is InChI=1S/C21H20N6O4/c28-16-5-4-15(18(29)26-16)27-19(30)13-3-1-2-12(17(13)20(27)31)9-24-21-23-8-11-6-7-22-10-14(11)25-21/h1-3,8,15,22H,4-7,9-10H2,(H,23,24,25)(H,26,28,29). The Kier molecular flexibility index (Phi) is 4.70. The molecule has 1 atom stereocenters. The lowest BCUT2D eigenvalue weighted by Gasteiger charge is -2.27. The second-order valence-corrected chi connectivity index (χ2v) is 7.73. The monoisotopic (exact) mass is 420 g/mol. The Morgan fingerprint density at radius 2 is 2.00 bits per heavy atom. The van der Waals surface area contributed by atoms with Gasteiger partial charge < -0.3 is 10.6 Å². The summed E-state index contributed by atoms with van der Waals surface area (Å²) in [4.78, 5) is 59.5. The molecule has 158 valence electrons. The van der Waals surface area contributed by atoms with Crippen LogP contribution in [-0.4, -0.2) is 51.1 Å². The zero-order valence-electron chi connectivity index (χ0n) is 16.6. The van der Waals surface area contributed by atoms with Gasteiger partial charge in [0, 0.05) is 25.7 Å². The number of aromatic nitrogens is 2. The predicted molar refractivity (Wildman–Crippen MR) is 108 cm³/mol. The highest BCUT2D eigenvalue weighted by Crippen LogP contribution is 2.30. The predicted octanol–water partition coefficient (Wildman–Crippen LogP) is 0.136. The third-order valence-corrected chi connectivity index (χ3v) is 5.81. The SMILES string of the molecule is O=C1CCC(N2C(=O)c3cccc(CNc4ncc5c(n4)CNCC5)c3C2=O)C(=O)N1. The van der Waals surface area contributed by atoms with E-state index >= 15 is 0 Å². The molecule has 4 amide bonds. The number of piperidine rings is 1. The van der Waals surface area contributed by atoms with Crippen LogP contribution in [-0.2, 0) is 29.1 Å². The van der Waals surface area contributed by atoms with E-state index in [9.17, 15) is 19.2 Å². The van der Waals surface area contributed by atoms with Gasteiger partial charge in [-0.25, -0.2) is 9.97 Å². The molecule has 0 spiro atoms. The molecular weight excluding hydrogens is 400 g/mol. The summed E-state index contributed by atoms with van der Waals surface area (Å²) in [5, 5.41) is 8.60. The summed E-state index contributed by atoms with van der Waals surface area (Å²) in [5.41, 5.74) is 3.20. The molecule has 31 heavy (non-hydrogen) atoms. The third kappa shape index (κ3) is 3.34. The molecule has 0 radical (unpaired) electrons. The first-order chi connectivity index (χ1) is 15.0. The van der Waals surface area contributed by atoms with Crippen LogP contribution in [0.15, 0.2) is 24.4 Å². The number of hydrogen-bond acceptors (Lipinski definition) is 8. The normalized spacial score (nSPS) is 20.4. The molecule has 1 unspecified atom stereocenters. The van der Waals surface area contributed by atoms with Crippen molar-refractivity contribution in [2.75, 3.05) is 11.9 Å². The van der Waals surface area contributed by atoms with Crippen LogP contribution in [0.5, 0.6) is 0 Å². The molecule has 3 aliphatic heterocycles. The van der Waals surface area contributed by atoms with Crippen LogP contribution in [0, 0.1) is 0 Å². The number of imide groups is 2. The highest BCUT2D eigenvalue weighted by Gasteiger charge is 2.45. The molecule has 4 heterocycles. The summed E-state index contributed by atoms with van der Waals surface area (Å²) in [7, 11) is 0. The second-order valence-electron chi connectivity index (χ2n) is 7.73. The first-order valence-corrected chi connectivity index (χ1v) is 10.2. The van der Waals surface area contributed by atoms with E-state index in [4.69, 9.17) is 0 Å². The fourth-order valence-corrected chi connectivity index (χ4v) is 4.23. The number of amides is 4. The van der Waals surface area contributed by atoms with Crippen molar-refractivity contribution in [1.29, 1.82) is 0 Å². The fourth-order valence-electron chi connectivity index (χ4n) is 4.23. The first-order valence-electron chi connectivity index (χ1n) is 10.2. The smallest absolute Gasteiger partial charge is 0.262 e. The van der Waals surface area contributed by atoms with E-state index in [1.165, 1.54) is 0 Å². The molecule has 1 saturated heterocycles. The minimum atomic E-state index is -0.984. The molecule has 0 saturated carbocycles. The van der Waals surface area contributed by atoms with Gasteiger partial charge in [-0.2, -0.15) is 0 Å². The lowest BCUT2D eigenvalue weighted by atomic mass is 10.0. The number of benzene rings is 1. The van der Waals surface area contributed by atoms with Gasteiger partial charge in [0.25, 0.3) is 11.8 Å². The Morgan fingerprint density at radius 1 is 1.13 bits per heavy atom. The summed E-state index contributed by atoms with van der Waals surface area (Å²) in [5.74, 6) is -1.63. The Balaban J connectivity index is 1.38. The zero-order valence-corrected chi connectivity index (χ0v) is 16.6. The van der Waals surface area contributed by atoms with E-state index in [1.54, 1.807) is 24.4 Å². The molecule has 3 aliphatic rings. The molecule has 3 N–H and O–H groups in total. The lowest BCUT2D eigenvalue weighted by Crippen LogP contribution is -2.54. The molecule has 0 aliphatic carbocycles. The van der Waals surface area contributed by atoms with Gasteiger partial charge >= 0.3 is 0 Å². The van der Waals surface area contributed by atoms with Gasteiger partial charge in [-0.05, 0) is 36.6 Å².